The highest BCUT2D eigenvalue weighted by molar-refractivity contribution is 5.89. The predicted octanol–water partition coefficient (Wildman–Crippen LogP) is 4.72. The summed E-state index contributed by atoms with van der Waals surface area (Å²) in [6.45, 7) is 6.21. The number of carbonyl (C=O) groups is 1. The normalized spacial score (nSPS) is 10.8. The first-order valence-electron chi connectivity index (χ1n) is 9.21. The van der Waals surface area contributed by atoms with Crippen molar-refractivity contribution < 1.29 is 14.1 Å². The van der Waals surface area contributed by atoms with Gasteiger partial charge in [-0.05, 0) is 32.0 Å². The van der Waals surface area contributed by atoms with Gasteiger partial charge in [-0.1, -0.05) is 35.5 Å². The minimum atomic E-state index is -0.116. The summed E-state index contributed by atoms with van der Waals surface area (Å²) in [6, 6.07) is 17.6. The van der Waals surface area contributed by atoms with Crippen molar-refractivity contribution in [3.63, 3.8) is 0 Å². The molecule has 0 spiro atoms. The molecule has 3 aromatic rings. The molecule has 6 nitrogen and oxygen atoms in total. The zero-order valence-corrected chi connectivity index (χ0v) is 16.6. The third-order valence-electron chi connectivity index (χ3n) is 4.39. The van der Waals surface area contributed by atoms with E-state index in [1.54, 1.807) is 7.11 Å². The summed E-state index contributed by atoms with van der Waals surface area (Å²) < 4.78 is 11.1. The SMILES string of the molecule is COc1ccc(NC(C)=O)cc1N(Cc1cc(-c2ccccc2)no1)C(C)C. The van der Waals surface area contributed by atoms with Crippen molar-refractivity contribution >= 4 is 17.3 Å². The first-order valence-corrected chi connectivity index (χ1v) is 9.21. The number of ether oxygens (including phenoxy) is 1. The van der Waals surface area contributed by atoms with Gasteiger partial charge >= 0.3 is 0 Å². The summed E-state index contributed by atoms with van der Waals surface area (Å²) >= 11 is 0. The summed E-state index contributed by atoms with van der Waals surface area (Å²) in [4.78, 5) is 13.6. The third kappa shape index (κ3) is 4.52. The van der Waals surface area contributed by atoms with Gasteiger partial charge in [0.15, 0.2) is 5.76 Å². The Hall–Kier alpha value is -3.28. The molecule has 2 aromatic carbocycles. The van der Waals surface area contributed by atoms with E-state index in [0.717, 1.165) is 34.1 Å². The van der Waals surface area contributed by atoms with Crippen molar-refractivity contribution in [2.75, 3.05) is 17.3 Å². The molecule has 6 heteroatoms. The zero-order valence-electron chi connectivity index (χ0n) is 16.6. The molecule has 0 radical (unpaired) electrons. The molecular formula is C22H25N3O3. The molecule has 1 aromatic heterocycles. The van der Waals surface area contributed by atoms with Gasteiger partial charge in [-0.15, -0.1) is 0 Å². The van der Waals surface area contributed by atoms with E-state index in [2.05, 4.69) is 29.2 Å². The Morgan fingerprint density at radius 2 is 1.93 bits per heavy atom. The van der Waals surface area contributed by atoms with E-state index in [1.807, 2.05) is 54.6 Å². The molecule has 0 aliphatic carbocycles. The van der Waals surface area contributed by atoms with E-state index in [4.69, 9.17) is 9.26 Å². The highest BCUT2D eigenvalue weighted by Crippen LogP contribution is 2.34. The van der Waals surface area contributed by atoms with Crippen molar-refractivity contribution in [3.8, 4) is 17.0 Å². The van der Waals surface area contributed by atoms with Gasteiger partial charge in [0, 0.05) is 30.3 Å². The molecule has 0 saturated heterocycles. The number of nitrogens with zero attached hydrogens (tertiary/aromatic N) is 2. The van der Waals surface area contributed by atoms with Crippen LogP contribution in [0.2, 0.25) is 0 Å². The van der Waals surface area contributed by atoms with Gasteiger partial charge < -0.3 is 19.5 Å². The van der Waals surface area contributed by atoms with E-state index >= 15 is 0 Å². The lowest BCUT2D eigenvalue weighted by atomic mass is 10.1. The van der Waals surface area contributed by atoms with Crippen LogP contribution in [0.25, 0.3) is 11.3 Å². The standard InChI is InChI=1S/C22H25N3O3/c1-15(2)25(21-12-18(23-16(3)26)10-11-22(21)27-4)14-19-13-20(24-28-19)17-8-6-5-7-9-17/h5-13,15H,14H2,1-4H3,(H,23,26). The molecule has 1 heterocycles. The Morgan fingerprint density at radius 1 is 1.18 bits per heavy atom. The third-order valence-corrected chi connectivity index (χ3v) is 4.39. The number of amides is 1. The first-order chi connectivity index (χ1) is 13.5. The van der Waals surface area contributed by atoms with E-state index in [9.17, 15) is 4.79 Å². The van der Waals surface area contributed by atoms with E-state index in [0.29, 0.717) is 6.54 Å². The fourth-order valence-corrected chi connectivity index (χ4v) is 3.04. The number of methoxy groups -OCH3 is 1. The predicted molar refractivity (Wildman–Crippen MR) is 111 cm³/mol. The lowest BCUT2D eigenvalue weighted by molar-refractivity contribution is -0.114. The maximum atomic E-state index is 11.4. The first kappa shape index (κ1) is 19.5. The number of benzene rings is 2. The van der Waals surface area contributed by atoms with Crippen LogP contribution in [0.5, 0.6) is 5.75 Å². The summed E-state index contributed by atoms with van der Waals surface area (Å²) in [5, 5.41) is 7.02. The molecule has 1 N–H and O–H groups in total. The highest BCUT2D eigenvalue weighted by atomic mass is 16.5. The minimum absolute atomic E-state index is 0.116. The summed E-state index contributed by atoms with van der Waals surface area (Å²) in [5.41, 5.74) is 3.41. The molecule has 1 amide bonds. The van der Waals surface area contributed by atoms with Crippen LogP contribution < -0.4 is 15.0 Å². The van der Waals surface area contributed by atoms with Gasteiger partial charge in [-0.2, -0.15) is 0 Å². The fraction of sp³-hybridized carbons (Fsp3) is 0.273. The number of aromatic nitrogens is 1. The molecule has 146 valence electrons. The van der Waals surface area contributed by atoms with Crippen LogP contribution >= 0.6 is 0 Å². The number of rotatable bonds is 7. The minimum Gasteiger partial charge on any atom is -0.495 e. The van der Waals surface area contributed by atoms with Gasteiger partial charge in [0.05, 0.1) is 19.3 Å². The quantitative estimate of drug-likeness (QED) is 0.643. The Bertz CT molecular complexity index is 935. The van der Waals surface area contributed by atoms with Crippen molar-refractivity contribution in [1.29, 1.82) is 0 Å². The van der Waals surface area contributed by atoms with E-state index in [1.165, 1.54) is 6.92 Å². The lowest BCUT2D eigenvalue weighted by Crippen LogP contribution is -2.30. The second kappa shape index (κ2) is 8.61. The summed E-state index contributed by atoms with van der Waals surface area (Å²) in [7, 11) is 1.64. The largest absolute Gasteiger partial charge is 0.495 e. The van der Waals surface area contributed by atoms with Gasteiger partial charge in [-0.3, -0.25) is 4.79 Å². The molecule has 0 unspecified atom stereocenters. The second-order valence-electron chi connectivity index (χ2n) is 6.83. The Balaban J connectivity index is 1.90. The maximum absolute atomic E-state index is 11.4. The van der Waals surface area contributed by atoms with Crippen LogP contribution in [0.1, 0.15) is 26.5 Å². The number of hydrogen-bond acceptors (Lipinski definition) is 5. The fourth-order valence-electron chi connectivity index (χ4n) is 3.04. The number of nitrogens with one attached hydrogen (secondary N) is 1. The molecule has 0 saturated carbocycles. The van der Waals surface area contributed by atoms with Crippen molar-refractivity contribution in [2.24, 2.45) is 0 Å². The molecule has 28 heavy (non-hydrogen) atoms. The lowest BCUT2D eigenvalue weighted by Gasteiger charge is -2.29. The van der Waals surface area contributed by atoms with E-state index < -0.39 is 0 Å². The molecule has 0 bridgehead atoms. The topological polar surface area (TPSA) is 67.6 Å². The highest BCUT2D eigenvalue weighted by Gasteiger charge is 2.19. The van der Waals surface area contributed by atoms with Gasteiger partial charge in [0.1, 0.15) is 11.4 Å². The molecule has 0 atom stereocenters. The van der Waals surface area contributed by atoms with Crippen LogP contribution in [0.15, 0.2) is 59.1 Å². The van der Waals surface area contributed by atoms with Crippen molar-refractivity contribution in [3.05, 3.63) is 60.4 Å². The van der Waals surface area contributed by atoms with Gasteiger partial charge in [0.2, 0.25) is 5.91 Å². The average molecular weight is 379 g/mol. The van der Waals surface area contributed by atoms with Crippen molar-refractivity contribution in [1.82, 2.24) is 5.16 Å². The molecular weight excluding hydrogens is 354 g/mol. The molecule has 0 aliphatic rings. The molecule has 0 aliphatic heterocycles. The van der Waals surface area contributed by atoms with Crippen molar-refractivity contribution in [2.45, 2.75) is 33.4 Å². The van der Waals surface area contributed by atoms with Crippen LogP contribution in [-0.2, 0) is 11.3 Å². The number of carbonyl (C=O) groups excluding carboxylic acids is 1. The zero-order chi connectivity index (χ0) is 20.1. The van der Waals surface area contributed by atoms with Crippen LogP contribution in [0.3, 0.4) is 0 Å². The monoisotopic (exact) mass is 379 g/mol. The van der Waals surface area contributed by atoms with Crippen LogP contribution in [-0.4, -0.2) is 24.2 Å². The summed E-state index contributed by atoms with van der Waals surface area (Å²) in [6.07, 6.45) is 0. The Morgan fingerprint density at radius 3 is 2.57 bits per heavy atom. The van der Waals surface area contributed by atoms with E-state index in [-0.39, 0.29) is 11.9 Å². The maximum Gasteiger partial charge on any atom is 0.221 e. The van der Waals surface area contributed by atoms with Gasteiger partial charge in [0.25, 0.3) is 0 Å². The Labute approximate surface area is 165 Å². The average Bonchev–Trinajstić information content (AvgIpc) is 3.15. The molecule has 0 fully saturated rings. The molecule has 3 rings (SSSR count). The van der Waals surface area contributed by atoms with Gasteiger partial charge in [-0.25, -0.2) is 0 Å². The number of hydrogen-bond donors (Lipinski definition) is 1. The number of anilines is 2. The second-order valence-corrected chi connectivity index (χ2v) is 6.83. The summed E-state index contributed by atoms with van der Waals surface area (Å²) in [5.74, 6) is 1.36. The van der Waals surface area contributed by atoms with Crippen LogP contribution in [0.4, 0.5) is 11.4 Å². The van der Waals surface area contributed by atoms with Crippen LogP contribution in [0, 0.1) is 0 Å². The smallest absolute Gasteiger partial charge is 0.221 e. The Kier molecular flexibility index (Phi) is 5.99.